The molecule has 1 aromatic heterocycles. The average Bonchev–Trinajstić information content (AvgIpc) is 3.21. The number of aliphatic hydroxyl groups excluding tert-OH is 1. The highest BCUT2D eigenvalue weighted by Crippen LogP contribution is 2.31. The minimum absolute atomic E-state index is 0.101. The van der Waals surface area contributed by atoms with E-state index in [9.17, 15) is 9.90 Å². The molecule has 0 unspecified atom stereocenters. The Balaban J connectivity index is 1.48. The van der Waals surface area contributed by atoms with E-state index in [1.165, 1.54) is 0 Å². The SMILES string of the molecule is CCOC(=O)N1CCC(N2CC(O)=C(c3nc4ccc(C)cc4[nH]3)C2=N)CC1. The molecule has 2 aromatic rings. The van der Waals surface area contributed by atoms with Crippen LogP contribution in [0.25, 0.3) is 16.6 Å². The molecule has 0 saturated carbocycles. The monoisotopic (exact) mass is 383 g/mol. The van der Waals surface area contributed by atoms with Gasteiger partial charge < -0.3 is 24.6 Å². The fraction of sp³-hybridized carbons (Fsp3) is 0.450. The maximum atomic E-state index is 11.9. The summed E-state index contributed by atoms with van der Waals surface area (Å²) in [6.45, 7) is 5.66. The van der Waals surface area contributed by atoms with Crippen molar-refractivity contribution in [2.45, 2.75) is 32.7 Å². The average molecular weight is 383 g/mol. The van der Waals surface area contributed by atoms with Crippen molar-refractivity contribution in [2.24, 2.45) is 0 Å². The number of ether oxygens (including phenoxy) is 1. The summed E-state index contributed by atoms with van der Waals surface area (Å²) < 4.78 is 5.06. The number of aromatic nitrogens is 2. The molecule has 1 saturated heterocycles. The lowest BCUT2D eigenvalue weighted by atomic mass is 10.0. The van der Waals surface area contributed by atoms with Gasteiger partial charge in [0, 0.05) is 19.1 Å². The van der Waals surface area contributed by atoms with E-state index < -0.39 is 0 Å². The highest BCUT2D eigenvalue weighted by molar-refractivity contribution is 6.23. The third-order valence-corrected chi connectivity index (χ3v) is 5.44. The zero-order valence-corrected chi connectivity index (χ0v) is 16.2. The van der Waals surface area contributed by atoms with Crippen molar-refractivity contribution in [3.05, 3.63) is 35.3 Å². The number of aliphatic hydroxyl groups is 1. The molecule has 148 valence electrons. The largest absolute Gasteiger partial charge is 0.510 e. The molecule has 8 heteroatoms. The highest BCUT2D eigenvalue weighted by atomic mass is 16.6. The third-order valence-electron chi connectivity index (χ3n) is 5.44. The predicted octanol–water partition coefficient (Wildman–Crippen LogP) is 3.05. The van der Waals surface area contributed by atoms with Gasteiger partial charge in [-0.25, -0.2) is 9.78 Å². The molecule has 4 rings (SSSR count). The topological polar surface area (TPSA) is 106 Å². The van der Waals surface area contributed by atoms with E-state index >= 15 is 0 Å². The molecule has 1 aromatic carbocycles. The standard InChI is InChI=1S/C20H25N5O3/c1-3-28-20(27)24-8-6-13(7-9-24)25-11-16(26)17(18(25)21)19-22-14-5-4-12(2)10-15(14)23-19/h4-5,10,13,21,26H,3,6-9,11H2,1-2H3,(H,22,23). The van der Waals surface area contributed by atoms with Gasteiger partial charge in [0.25, 0.3) is 0 Å². The van der Waals surface area contributed by atoms with Crippen LogP contribution in [0.3, 0.4) is 0 Å². The number of hydrogen-bond acceptors (Lipinski definition) is 5. The Labute approximate surface area is 163 Å². The zero-order valence-electron chi connectivity index (χ0n) is 16.2. The summed E-state index contributed by atoms with van der Waals surface area (Å²) in [5.74, 6) is 0.964. The molecule has 2 aliphatic heterocycles. The van der Waals surface area contributed by atoms with Gasteiger partial charge in [-0.3, -0.25) is 5.41 Å². The Bertz CT molecular complexity index is 956. The number of amidine groups is 1. The lowest BCUT2D eigenvalue weighted by molar-refractivity contribution is 0.0876. The number of amides is 1. The number of imidazole rings is 1. The van der Waals surface area contributed by atoms with E-state index in [0.717, 1.165) is 29.4 Å². The molecule has 0 spiro atoms. The van der Waals surface area contributed by atoms with Crippen molar-refractivity contribution >= 4 is 28.5 Å². The van der Waals surface area contributed by atoms with Crippen LogP contribution in [0.15, 0.2) is 24.0 Å². The molecule has 1 amide bonds. The molecule has 3 heterocycles. The number of rotatable bonds is 3. The predicted molar refractivity (Wildman–Crippen MR) is 106 cm³/mol. The summed E-state index contributed by atoms with van der Waals surface area (Å²) in [7, 11) is 0. The fourth-order valence-corrected chi connectivity index (χ4v) is 3.98. The second-order valence-electron chi connectivity index (χ2n) is 7.32. The maximum Gasteiger partial charge on any atom is 0.409 e. The second-order valence-corrected chi connectivity index (χ2v) is 7.32. The number of piperidine rings is 1. The summed E-state index contributed by atoms with van der Waals surface area (Å²) in [6.07, 6.45) is 1.19. The van der Waals surface area contributed by atoms with Crippen molar-refractivity contribution in [1.82, 2.24) is 19.8 Å². The summed E-state index contributed by atoms with van der Waals surface area (Å²) in [6, 6.07) is 6.03. The Morgan fingerprint density at radius 3 is 2.86 bits per heavy atom. The Morgan fingerprint density at radius 1 is 1.39 bits per heavy atom. The summed E-state index contributed by atoms with van der Waals surface area (Å²) in [4.78, 5) is 23.3. The van der Waals surface area contributed by atoms with Crippen molar-refractivity contribution in [2.75, 3.05) is 26.2 Å². The Hall–Kier alpha value is -3.03. The first kappa shape index (κ1) is 18.3. The lowest BCUT2D eigenvalue weighted by Crippen LogP contribution is -2.47. The van der Waals surface area contributed by atoms with Gasteiger partial charge in [0.05, 0.1) is 29.8 Å². The molecule has 28 heavy (non-hydrogen) atoms. The quantitative estimate of drug-likeness (QED) is 0.755. The molecule has 0 atom stereocenters. The normalized spacial score (nSPS) is 18.4. The van der Waals surface area contributed by atoms with Gasteiger partial charge in [-0.15, -0.1) is 0 Å². The molecule has 0 radical (unpaired) electrons. The first-order valence-electron chi connectivity index (χ1n) is 9.64. The Morgan fingerprint density at radius 2 is 2.14 bits per heavy atom. The van der Waals surface area contributed by atoms with Crippen molar-refractivity contribution in [1.29, 1.82) is 5.41 Å². The lowest BCUT2D eigenvalue weighted by Gasteiger charge is -2.37. The van der Waals surface area contributed by atoms with Crippen molar-refractivity contribution in [3.63, 3.8) is 0 Å². The molecule has 0 bridgehead atoms. The van der Waals surface area contributed by atoms with E-state index in [-0.39, 0.29) is 23.7 Å². The number of fused-ring (bicyclic) bond motifs is 1. The maximum absolute atomic E-state index is 11.9. The smallest absolute Gasteiger partial charge is 0.409 e. The van der Waals surface area contributed by atoms with Gasteiger partial charge in [-0.05, 0) is 44.4 Å². The van der Waals surface area contributed by atoms with E-state index in [4.69, 9.17) is 10.1 Å². The van der Waals surface area contributed by atoms with Gasteiger partial charge in [-0.1, -0.05) is 6.07 Å². The number of likely N-dealkylation sites (tertiary alicyclic amines) is 1. The van der Waals surface area contributed by atoms with E-state index in [1.807, 2.05) is 30.0 Å². The van der Waals surface area contributed by atoms with Gasteiger partial charge >= 0.3 is 6.09 Å². The summed E-state index contributed by atoms with van der Waals surface area (Å²) >= 11 is 0. The van der Waals surface area contributed by atoms with Crippen LogP contribution in [-0.4, -0.2) is 69.1 Å². The molecule has 0 aliphatic carbocycles. The number of aryl methyl sites for hydroxylation is 1. The number of carbonyl (C=O) groups is 1. The van der Waals surface area contributed by atoms with Crippen molar-refractivity contribution < 1.29 is 14.6 Å². The molecular formula is C20H25N5O3. The Kier molecular flexibility index (Phi) is 4.70. The van der Waals surface area contributed by atoms with Crippen LogP contribution < -0.4 is 0 Å². The zero-order chi connectivity index (χ0) is 19.8. The number of benzene rings is 1. The van der Waals surface area contributed by atoms with Gasteiger partial charge in [-0.2, -0.15) is 0 Å². The number of H-pyrrole nitrogens is 1. The summed E-state index contributed by atoms with van der Waals surface area (Å²) in [5, 5.41) is 19.2. The fourth-order valence-electron chi connectivity index (χ4n) is 3.98. The van der Waals surface area contributed by atoms with Crippen LogP contribution in [0.1, 0.15) is 31.2 Å². The van der Waals surface area contributed by atoms with Crippen LogP contribution in [0.5, 0.6) is 0 Å². The van der Waals surface area contributed by atoms with Crippen LogP contribution in [-0.2, 0) is 4.74 Å². The number of carbonyl (C=O) groups excluding carboxylic acids is 1. The number of hydrogen-bond donors (Lipinski definition) is 3. The molecule has 1 fully saturated rings. The minimum atomic E-state index is -0.281. The number of aromatic amines is 1. The molecule has 8 nitrogen and oxygen atoms in total. The van der Waals surface area contributed by atoms with E-state index in [0.29, 0.717) is 37.6 Å². The van der Waals surface area contributed by atoms with Crippen LogP contribution in [0.2, 0.25) is 0 Å². The van der Waals surface area contributed by atoms with Crippen LogP contribution in [0.4, 0.5) is 4.79 Å². The molecule has 3 N–H and O–H groups in total. The number of nitrogens with one attached hydrogen (secondary N) is 2. The van der Waals surface area contributed by atoms with Gasteiger partial charge in [0.15, 0.2) is 0 Å². The van der Waals surface area contributed by atoms with E-state index in [2.05, 4.69) is 9.97 Å². The van der Waals surface area contributed by atoms with Crippen LogP contribution >= 0.6 is 0 Å². The first-order valence-corrected chi connectivity index (χ1v) is 9.64. The van der Waals surface area contributed by atoms with Crippen LogP contribution in [0, 0.1) is 12.3 Å². The molecule has 2 aliphatic rings. The van der Waals surface area contributed by atoms with Gasteiger partial charge in [0.1, 0.15) is 17.4 Å². The molecular weight excluding hydrogens is 358 g/mol. The highest BCUT2D eigenvalue weighted by Gasteiger charge is 2.36. The minimum Gasteiger partial charge on any atom is -0.510 e. The number of nitrogens with zero attached hydrogens (tertiary/aromatic N) is 3. The van der Waals surface area contributed by atoms with Gasteiger partial charge in [0.2, 0.25) is 0 Å². The summed E-state index contributed by atoms with van der Waals surface area (Å²) in [5.41, 5.74) is 3.29. The second kappa shape index (κ2) is 7.18. The van der Waals surface area contributed by atoms with Crippen molar-refractivity contribution in [3.8, 4) is 0 Å². The third kappa shape index (κ3) is 3.19. The van der Waals surface area contributed by atoms with E-state index in [1.54, 1.807) is 11.8 Å². The first-order chi connectivity index (χ1) is 13.5.